The highest BCUT2D eigenvalue weighted by molar-refractivity contribution is 7.99. The van der Waals surface area contributed by atoms with Gasteiger partial charge >= 0.3 is 0 Å². The number of carbonyl (C=O) groups is 1. The lowest BCUT2D eigenvalue weighted by molar-refractivity contribution is 0.0820. The molecule has 0 atom stereocenters. The fourth-order valence-electron chi connectivity index (χ4n) is 2.24. The molecule has 0 fully saturated rings. The van der Waals surface area contributed by atoms with Crippen LogP contribution in [0.15, 0.2) is 59.6 Å². The zero-order valence-electron chi connectivity index (χ0n) is 12.0. The van der Waals surface area contributed by atoms with Crippen LogP contribution in [0.1, 0.15) is 10.4 Å². The molecule has 1 amide bonds. The van der Waals surface area contributed by atoms with Crippen LogP contribution in [0.5, 0.6) is 0 Å². The van der Waals surface area contributed by atoms with Crippen LogP contribution in [-0.4, -0.2) is 28.7 Å². The molecule has 0 aliphatic carbocycles. The van der Waals surface area contributed by atoms with Crippen LogP contribution < -0.4 is 0 Å². The summed E-state index contributed by atoms with van der Waals surface area (Å²) in [5, 5.41) is 1.79. The molecule has 0 radical (unpaired) electrons. The molecule has 0 saturated carbocycles. The zero-order chi connectivity index (χ0) is 15.5. The van der Waals surface area contributed by atoms with Crippen molar-refractivity contribution < 1.29 is 4.79 Å². The number of benzene rings is 2. The molecule has 1 heterocycles. The minimum absolute atomic E-state index is 0.0194. The van der Waals surface area contributed by atoms with Crippen molar-refractivity contribution >= 4 is 40.2 Å². The molecule has 0 aliphatic heterocycles. The van der Waals surface area contributed by atoms with Crippen molar-refractivity contribution in [2.45, 2.75) is 4.90 Å². The largest absolute Gasteiger partial charge is 0.359 e. The molecule has 3 aromatic rings. The standard InChI is InChI=1S/C17H15ClN2OS/c1-20(17(21)12-6-3-2-4-7-12)11-22-15-10-19-16-13(15)8-5-9-14(16)18/h2-10,19H,11H2,1H3. The first-order valence-electron chi connectivity index (χ1n) is 6.86. The first kappa shape index (κ1) is 15.0. The zero-order valence-corrected chi connectivity index (χ0v) is 13.6. The Labute approximate surface area is 138 Å². The number of nitrogens with zero attached hydrogens (tertiary/aromatic N) is 1. The lowest BCUT2D eigenvalue weighted by Crippen LogP contribution is -2.26. The second kappa shape index (κ2) is 6.46. The predicted octanol–water partition coefficient (Wildman–Crippen LogP) is 4.64. The van der Waals surface area contributed by atoms with Crippen molar-refractivity contribution in [3.8, 4) is 0 Å². The van der Waals surface area contributed by atoms with Crippen LogP contribution >= 0.6 is 23.4 Å². The number of hydrogen-bond donors (Lipinski definition) is 1. The summed E-state index contributed by atoms with van der Waals surface area (Å²) >= 11 is 7.77. The highest BCUT2D eigenvalue weighted by atomic mass is 35.5. The van der Waals surface area contributed by atoms with Crippen molar-refractivity contribution in [2.75, 3.05) is 12.9 Å². The van der Waals surface area contributed by atoms with Gasteiger partial charge in [0.2, 0.25) is 0 Å². The maximum absolute atomic E-state index is 12.3. The summed E-state index contributed by atoms with van der Waals surface area (Å²) in [5.74, 6) is 0.596. The van der Waals surface area contributed by atoms with Gasteiger partial charge in [0.05, 0.1) is 16.4 Å². The Morgan fingerprint density at radius 1 is 1.18 bits per heavy atom. The third-order valence-corrected chi connectivity index (χ3v) is 4.89. The van der Waals surface area contributed by atoms with Gasteiger partial charge in [0.1, 0.15) is 0 Å². The third kappa shape index (κ3) is 2.98. The Kier molecular flexibility index (Phi) is 4.41. The number of H-pyrrole nitrogens is 1. The van der Waals surface area contributed by atoms with E-state index in [0.29, 0.717) is 16.5 Å². The van der Waals surface area contributed by atoms with Crippen molar-refractivity contribution in [2.24, 2.45) is 0 Å². The third-order valence-electron chi connectivity index (χ3n) is 3.41. The number of aromatic nitrogens is 1. The summed E-state index contributed by atoms with van der Waals surface area (Å²) in [6.45, 7) is 0. The van der Waals surface area contributed by atoms with Gasteiger partial charge in [0, 0.05) is 29.1 Å². The SMILES string of the molecule is CN(CSc1c[nH]c2c(Cl)cccc12)C(=O)c1ccccc1. The summed E-state index contributed by atoms with van der Waals surface area (Å²) in [6.07, 6.45) is 1.93. The van der Waals surface area contributed by atoms with Crippen LogP contribution in [0, 0.1) is 0 Å². The summed E-state index contributed by atoms with van der Waals surface area (Å²) in [6, 6.07) is 15.1. The Morgan fingerprint density at radius 2 is 1.95 bits per heavy atom. The van der Waals surface area contributed by atoms with Crippen LogP contribution in [0.25, 0.3) is 10.9 Å². The summed E-state index contributed by atoms with van der Waals surface area (Å²) in [4.78, 5) is 18.3. The summed E-state index contributed by atoms with van der Waals surface area (Å²) < 4.78 is 0. The van der Waals surface area contributed by atoms with Crippen LogP contribution in [-0.2, 0) is 0 Å². The van der Waals surface area contributed by atoms with Gasteiger partial charge < -0.3 is 9.88 Å². The maximum Gasteiger partial charge on any atom is 0.254 e. The molecule has 3 nitrogen and oxygen atoms in total. The summed E-state index contributed by atoms with van der Waals surface area (Å²) in [7, 11) is 1.81. The number of thioether (sulfide) groups is 1. The quantitative estimate of drug-likeness (QED) is 0.558. The molecule has 22 heavy (non-hydrogen) atoms. The van der Waals surface area contributed by atoms with Crippen LogP contribution in [0.3, 0.4) is 0 Å². The van der Waals surface area contributed by atoms with Gasteiger partial charge in [-0.3, -0.25) is 4.79 Å². The molecule has 0 bridgehead atoms. The second-order valence-corrected chi connectivity index (χ2v) is 6.35. The normalized spacial score (nSPS) is 10.8. The molecule has 1 N–H and O–H groups in total. The Bertz CT molecular complexity index is 801. The topological polar surface area (TPSA) is 36.1 Å². The van der Waals surface area contributed by atoms with Gasteiger partial charge in [-0.15, -0.1) is 11.8 Å². The van der Waals surface area contributed by atoms with Crippen molar-refractivity contribution in [3.63, 3.8) is 0 Å². The van der Waals surface area contributed by atoms with E-state index in [1.165, 1.54) is 0 Å². The van der Waals surface area contributed by atoms with Crippen molar-refractivity contribution in [1.82, 2.24) is 9.88 Å². The first-order chi connectivity index (χ1) is 10.7. The van der Waals surface area contributed by atoms with Crippen molar-refractivity contribution in [3.05, 3.63) is 65.3 Å². The summed E-state index contributed by atoms with van der Waals surface area (Å²) in [5.41, 5.74) is 1.64. The van der Waals surface area contributed by atoms with E-state index >= 15 is 0 Å². The number of aromatic amines is 1. The van der Waals surface area contributed by atoms with E-state index in [1.54, 1.807) is 16.7 Å². The number of halogens is 1. The second-order valence-electron chi connectivity index (χ2n) is 4.96. The number of nitrogens with one attached hydrogen (secondary N) is 1. The minimum Gasteiger partial charge on any atom is -0.359 e. The minimum atomic E-state index is 0.0194. The average molecular weight is 331 g/mol. The first-order valence-corrected chi connectivity index (χ1v) is 8.22. The molecule has 5 heteroatoms. The highest BCUT2D eigenvalue weighted by Crippen LogP contribution is 2.31. The lowest BCUT2D eigenvalue weighted by atomic mass is 10.2. The number of amides is 1. The lowest BCUT2D eigenvalue weighted by Gasteiger charge is -2.16. The van der Waals surface area contributed by atoms with E-state index in [2.05, 4.69) is 4.98 Å². The number of hydrogen-bond acceptors (Lipinski definition) is 2. The Morgan fingerprint density at radius 3 is 2.73 bits per heavy atom. The number of para-hydroxylation sites is 1. The molecular formula is C17H15ClN2OS. The molecule has 1 aromatic heterocycles. The number of carbonyl (C=O) groups excluding carboxylic acids is 1. The molecule has 2 aromatic carbocycles. The molecule has 112 valence electrons. The van der Waals surface area contributed by atoms with Crippen LogP contribution in [0.4, 0.5) is 0 Å². The smallest absolute Gasteiger partial charge is 0.254 e. The average Bonchev–Trinajstić information content (AvgIpc) is 2.97. The van der Waals surface area contributed by atoms with E-state index in [9.17, 15) is 4.79 Å². The van der Waals surface area contributed by atoms with Gasteiger partial charge in [-0.1, -0.05) is 41.9 Å². The van der Waals surface area contributed by atoms with Crippen LogP contribution in [0.2, 0.25) is 5.02 Å². The van der Waals surface area contributed by atoms with E-state index < -0.39 is 0 Å². The number of fused-ring (bicyclic) bond motifs is 1. The van der Waals surface area contributed by atoms with Crippen molar-refractivity contribution in [1.29, 1.82) is 0 Å². The van der Waals surface area contributed by atoms with Gasteiger partial charge in [0.25, 0.3) is 5.91 Å². The fraction of sp³-hybridized carbons (Fsp3) is 0.118. The monoisotopic (exact) mass is 330 g/mol. The Balaban J connectivity index is 1.71. The van der Waals surface area contributed by atoms with E-state index in [1.807, 2.05) is 61.8 Å². The predicted molar refractivity (Wildman–Crippen MR) is 92.6 cm³/mol. The van der Waals surface area contributed by atoms with Gasteiger partial charge in [-0.05, 0) is 18.2 Å². The molecule has 0 saturated heterocycles. The number of rotatable bonds is 4. The highest BCUT2D eigenvalue weighted by Gasteiger charge is 2.13. The molecule has 0 unspecified atom stereocenters. The van der Waals surface area contributed by atoms with Gasteiger partial charge in [-0.25, -0.2) is 0 Å². The van der Waals surface area contributed by atoms with E-state index in [4.69, 9.17) is 11.6 Å². The Hall–Kier alpha value is -1.91. The van der Waals surface area contributed by atoms with E-state index in [0.717, 1.165) is 15.8 Å². The molecule has 0 spiro atoms. The fourth-order valence-corrected chi connectivity index (χ4v) is 3.38. The molecular weight excluding hydrogens is 316 g/mol. The molecule has 3 rings (SSSR count). The van der Waals surface area contributed by atoms with Gasteiger partial charge in [0.15, 0.2) is 0 Å². The molecule has 0 aliphatic rings. The van der Waals surface area contributed by atoms with Gasteiger partial charge in [-0.2, -0.15) is 0 Å². The van der Waals surface area contributed by atoms with E-state index in [-0.39, 0.29) is 5.91 Å². The maximum atomic E-state index is 12.3.